The van der Waals surface area contributed by atoms with Crippen molar-refractivity contribution >= 4 is 33.4 Å². The van der Waals surface area contributed by atoms with Crippen LogP contribution in [0.1, 0.15) is 44.5 Å². The third-order valence-electron chi connectivity index (χ3n) is 6.78. The van der Waals surface area contributed by atoms with Gasteiger partial charge in [-0.3, -0.25) is 14.3 Å². The molecule has 211 valence electrons. The Kier molecular flexibility index (Phi) is 7.64. The Balaban J connectivity index is 1.41. The fourth-order valence-electron chi connectivity index (χ4n) is 4.79. The summed E-state index contributed by atoms with van der Waals surface area (Å²) in [6.07, 6.45) is 1.35. The highest BCUT2D eigenvalue weighted by Crippen LogP contribution is 2.38. The quantitative estimate of drug-likeness (QED) is 0.302. The Labute approximate surface area is 243 Å². The lowest BCUT2D eigenvalue weighted by molar-refractivity contribution is 0.0428. The highest BCUT2D eigenvalue weighted by molar-refractivity contribution is 6.24. The predicted octanol–water partition coefficient (Wildman–Crippen LogP) is 4.06. The van der Waals surface area contributed by atoms with Gasteiger partial charge in [0.05, 0.1) is 40.8 Å². The van der Waals surface area contributed by atoms with Gasteiger partial charge in [0.1, 0.15) is 24.1 Å². The summed E-state index contributed by atoms with van der Waals surface area (Å²) in [4.78, 5) is 28.3. The van der Waals surface area contributed by atoms with E-state index in [4.69, 9.17) is 9.84 Å². The van der Waals surface area contributed by atoms with Crippen LogP contribution in [0, 0.1) is 11.3 Å². The van der Waals surface area contributed by atoms with E-state index in [1.54, 1.807) is 25.1 Å². The third-order valence-corrected chi connectivity index (χ3v) is 7.16. The van der Waals surface area contributed by atoms with Crippen LogP contribution in [0.2, 0.25) is 0 Å². The zero-order valence-corrected chi connectivity index (χ0v) is 23.3. The number of ether oxygens (including phenoxy) is 1. The van der Waals surface area contributed by atoms with Crippen LogP contribution in [-0.4, -0.2) is 55.3 Å². The molecule has 0 saturated heterocycles. The van der Waals surface area contributed by atoms with Gasteiger partial charge in [-0.25, -0.2) is 0 Å². The van der Waals surface area contributed by atoms with Crippen LogP contribution in [0.4, 0.5) is 20.2 Å². The van der Waals surface area contributed by atoms with E-state index in [2.05, 4.69) is 20.7 Å². The van der Waals surface area contributed by atoms with Gasteiger partial charge >= 0.3 is 0 Å². The second-order valence-corrected chi connectivity index (χ2v) is 10.9. The summed E-state index contributed by atoms with van der Waals surface area (Å²) in [5, 5.41) is 24.4. The molecule has 1 atom stereocenters. The van der Waals surface area contributed by atoms with Crippen molar-refractivity contribution in [3.63, 3.8) is 0 Å². The van der Waals surface area contributed by atoms with Crippen LogP contribution in [0.25, 0.3) is 0 Å². The lowest BCUT2D eigenvalue weighted by atomic mass is 9.99. The van der Waals surface area contributed by atoms with Gasteiger partial charge in [0.15, 0.2) is 0 Å². The molecule has 0 fully saturated rings. The normalized spacial score (nSPS) is 16.5. The maximum Gasteiger partial charge on any atom is 0.298 e. The lowest BCUT2D eigenvalue weighted by Gasteiger charge is -2.42. The highest BCUT2D eigenvalue weighted by Gasteiger charge is 2.42. The van der Waals surface area contributed by atoms with Crippen molar-refractivity contribution in [1.29, 1.82) is 5.26 Å². The largest absolute Gasteiger partial charge is 0.490 e. The lowest BCUT2D eigenvalue weighted by Crippen LogP contribution is -2.57. The van der Waals surface area contributed by atoms with Crippen LogP contribution < -0.4 is 15.0 Å². The Morgan fingerprint density at radius 2 is 1.86 bits per heavy atom. The van der Waals surface area contributed by atoms with E-state index in [9.17, 15) is 14.9 Å². The first kappa shape index (κ1) is 28.7. The number of hydrogen-bond acceptors (Lipinski definition) is 6. The van der Waals surface area contributed by atoms with Crippen molar-refractivity contribution in [3.8, 4) is 11.8 Å². The number of nitrogens with zero attached hydrogens (tertiary/aromatic N) is 4. The molecule has 0 spiro atoms. The monoisotopic (exact) mass is 584 g/mol. The number of aliphatic hydroxyl groups is 1. The first-order chi connectivity index (χ1) is 20.1. The number of nitriles is 1. The molecule has 0 saturated carbocycles. The number of benzene rings is 3. The molecule has 0 unspecified atom stereocenters. The summed E-state index contributed by atoms with van der Waals surface area (Å²) in [7, 11) is 3.65. The topological polar surface area (TPSA) is 120 Å². The van der Waals surface area contributed by atoms with Crippen molar-refractivity contribution in [1.82, 2.24) is 9.78 Å². The molecule has 1 aliphatic heterocycles. The average molecular weight is 585 g/mol. The molecule has 3 radical (unpaired) electrons. The number of amides is 2. The number of aliphatic hydroxyl groups excluding tert-OH is 1. The summed E-state index contributed by atoms with van der Waals surface area (Å²) in [6, 6.07) is 19.1. The molecule has 2 heterocycles. The van der Waals surface area contributed by atoms with Gasteiger partial charge in [-0.1, -0.05) is 42.5 Å². The first-order valence-corrected chi connectivity index (χ1v) is 13.4. The van der Waals surface area contributed by atoms with Gasteiger partial charge in [-0.2, -0.15) is 19.1 Å². The Morgan fingerprint density at radius 1 is 1.17 bits per heavy atom. The van der Waals surface area contributed by atoms with Crippen LogP contribution in [0.5, 0.6) is 5.75 Å². The minimum atomic E-state index is -3.23. The van der Waals surface area contributed by atoms with E-state index in [1.165, 1.54) is 70.4 Å². The molecule has 3 aromatic carbocycles. The molecule has 0 bridgehead atoms. The molecule has 4 aromatic rings. The number of halogens is 2. The van der Waals surface area contributed by atoms with E-state index in [-0.39, 0.29) is 59.1 Å². The minimum absolute atomic E-state index is 0.00803. The number of anilines is 2. The molecule has 5 rings (SSSR count). The minimum Gasteiger partial charge on any atom is -0.490 e. The summed E-state index contributed by atoms with van der Waals surface area (Å²) in [5.74, 6) is -4.11. The second-order valence-electron chi connectivity index (χ2n) is 9.82. The number of nitrogens with one attached hydrogen (secondary N) is 1. The van der Waals surface area contributed by atoms with Crippen molar-refractivity contribution in [2.75, 3.05) is 23.4 Å². The molecule has 0 aliphatic carbocycles. The fourth-order valence-corrected chi connectivity index (χ4v) is 5.17. The van der Waals surface area contributed by atoms with Crippen LogP contribution in [0.3, 0.4) is 0 Å². The molecule has 1 aliphatic rings. The van der Waals surface area contributed by atoms with Gasteiger partial charge in [-0.05, 0) is 37.3 Å². The molecule has 2 amide bonds. The summed E-state index contributed by atoms with van der Waals surface area (Å²) in [6.45, 7) is 1.70. The van der Waals surface area contributed by atoms with E-state index >= 15 is 8.78 Å². The number of aromatic nitrogens is 2. The SMILES string of the molecule is C[C@]1([Si])Cn2ncc(NC(=O)c3ccc(OCCO)c(C#N)c3)c2C(=O)N1c1ccc(C(F)(F)c2ccccc2)cc1. The Bertz CT molecular complexity index is 1680. The number of carbonyl (C=O) groups is 2. The number of fused-ring (bicyclic) bond motifs is 1. The fraction of sp³-hybridized carbons (Fsp3) is 0.200. The molecule has 12 heteroatoms. The van der Waals surface area contributed by atoms with E-state index in [0.717, 1.165) is 0 Å². The number of carbonyl (C=O) groups excluding carboxylic acids is 2. The van der Waals surface area contributed by atoms with Crippen molar-refractivity contribution in [3.05, 3.63) is 107 Å². The molecular weight excluding hydrogens is 560 g/mol. The Morgan fingerprint density at radius 3 is 2.52 bits per heavy atom. The van der Waals surface area contributed by atoms with Gasteiger partial charge in [-0.15, -0.1) is 0 Å². The van der Waals surface area contributed by atoms with Crippen LogP contribution in [-0.2, 0) is 12.5 Å². The third kappa shape index (κ3) is 5.27. The van der Waals surface area contributed by atoms with Gasteiger partial charge in [0.2, 0.25) is 0 Å². The highest BCUT2D eigenvalue weighted by atomic mass is 28.1. The summed E-state index contributed by atoms with van der Waals surface area (Å²) in [5.41, 5.74) is 0.487. The van der Waals surface area contributed by atoms with E-state index in [0.29, 0.717) is 5.69 Å². The summed E-state index contributed by atoms with van der Waals surface area (Å²) < 4.78 is 37.0. The van der Waals surface area contributed by atoms with Gasteiger partial charge in [0.25, 0.3) is 17.7 Å². The second kappa shape index (κ2) is 11.2. The smallest absolute Gasteiger partial charge is 0.298 e. The molecule has 1 aromatic heterocycles. The van der Waals surface area contributed by atoms with Crippen molar-refractivity contribution in [2.45, 2.75) is 24.6 Å². The maximum absolute atomic E-state index is 15.1. The average Bonchev–Trinajstić information content (AvgIpc) is 3.37. The van der Waals surface area contributed by atoms with Gasteiger partial charge < -0.3 is 20.1 Å². The van der Waals surface area contributed by atoms with Crippen LogP contribution >= 0.6 is 0 Å². The molecule has 42 heavy (non-hydrogen) atoms. The molecular formula is C30H24F2N5O4Si. The molecule has 9 nitrogen and oxygen atoms in total. The predicted molar refractivity (Wildman–Crippen MR) is 151 cm³/mol. The van der Waals surface area contributed by atoms with Crippen LogP contribution in [0.15, 0.2) is 79.0 Å². The zero-order valence-electron chi connectivity index (χ0n) is 22.3. The maximum atomic E-state index is 15.1. The van der Waals surface area contributed by atoms with Crippen molar-refractivity contribution < 1.29 is 28.2 Å². The van der Waals surface area contributed by atoms with Gasteiger partial charge in [0, 0.05) is 27.5 Å². The first-order valence-electron chi connectivity index (χ1n) is 12.9. The molecule has 2 N–H and O–H groups in total. The number of rotatable bonds is 8. The number of alkyl halides is 2. The number of hydrogen-bond donors (Lipinski definition) is 2. The summed E-state index contributed by atoms with van der Waals surface area (Å²) >= 11 is 0. The van der Waals surface area contributed by atoms with E-state index < -0.39 is 22.9 Å². The van der Waals surface area contributed by atoms with Crippen molar-refractivity contribution in [2.24, 2.45) is 0 Å². The standard InChI is InChI=1S/C30H24F2N5O4Si/c1-29(42)18-36-26(24(17-34-36)35-27(39)19-7-12-25(41-14-13-38)20(15-19)16-33)28(40)37(29)23-10-8-22(9-11-23)30(31,32)21-5-3-2-4-6-21/h2-12,15,17,38H,13-14,18H2,1H3,(H,35,39)/t29-/m0/s1. The Hall–Kier alpha value is -4.86. The van der Waals surface area contributed by atoms with E-state index in [1.807, 2.05) is 6.07 Å². The zero-order chi connectivity index (χ0) is 30.1.